The first kappa shape index (κ1) is 27.3. The van der Waals surface area contributed by atoms with E-state index >= 15 is 0 Å². The zero-order valence-corrected chi connectivity index (χ0v) is 25.0. The lowest BCUT2D eigenvalue weighted by molar-refractivity contribution is 0.102. The van der Waals surface area contributed by atoms with E-state index < -0.39 is 10.0 Å². The Bertz CT molecular complexity index is 1450. The van der Waals surface area contributed by atoms with Gasteiger partial charge in [-0.25, -0.2) is 8.42 Å². The molecule has 2 atom stereocenters. The van der Waals surface area contributed by atoms with Crippen molar-refractivity contribution in [3.05, 3.63) is 45.8 Å². The Morgan fingerprint density at radius 3 is 2.39 bits per heavy atom. The van der Waals surface area contributed by atoms with E-state index in [1.165, 1.54) is 23.5 Å². The van der Waals surface area contributed by atoms with E-state index in [1.807, 2.05) is 0 Å². The van der Waals surface area contributed by atoms with Crippen molar-refractivity contribution in [3.8, 4) is 6.07 Å². The van der Waals surface area contributed by atoms with E-state index in [1.54, 1.807) is 16.4 Å². The van der Waals surface area contributed by atoms with Crippen molar-refractivity contribution >= 4 is 32.3 Å². The highest BCUT2D eigenvalue weighted by Crippen LogP contribution is 2.53. The molecule has 2 aromatic rings. The number of nitrogens with one attached hydrogen (secondary N) is 2. The molecule has 0 radical (unpaired) electrons. The lowest BCUT2D eigenvalue weighted by atomic mass is 9.65. The minimum Gasteiger partial charge on any atom is -0.312 e. The van der Waals surface area contributed by atoms with Gasteiger partial charge in [0.25, 0.3) is 5.91 Å². The van der Waals surface area contributed by atoms with Gasteiger partial charge in [0.1, 0.15) is 11.1 Å². The van der Waals surface area contributed by atoms with Crippen LogP contribution in [0.3, 0.4) is 0 Å². The molecule has 1 aromatic heterocycles. The summed E-state index contributed by atoms with van der Waals surface area (Å²) < 4.78 is 28.9. The number of hydrogen-bond donors (Lipinski definition) is 2. The third kappa shape index (κ3) is 4.70. The number of anilines is 1. The summed E-state index contributed by atoms with van der Waals surface area (Å²) in [5.74, 6) is -0.361. The largest absolute Gasteiger partial charge is 0.312 e. The van der Waals surface area contributed by atoms with Crippen molar-refractivity contribution in [1.29, 1.82) is 5.26 Å². The van der Waals surface area contributed by atoms with Gasteiger partial charge in [-0.3, -0.25) is 4.79 Å². The second kappa shape index (κ2) is 8.62. The van der Waals surface area contributed by atoms with Crippen LogP contribution in [0.2, 0.25) is 0 Å². The molecule has 9 heteroatoms. The molecule has 1 aliphatic carbocycles. The molecule has 204 valence electrons. The molecule has 2 unspecified atom stereocenters. The molecule has 5 rings (SSSR count). The number of fused-ring (bicyclic) bond motifs is 3. The van der Waals surface area contributed by atoms with E-state index in [2.05, 4.69) is 65.2 Å². The van der Waals surface area contributed by atoms with E-state index in [0.717, 1.165) is 29.7 Å². The Morgan fingerprint density at radius 2 is 1.76 bits per heavy atom. The number of sulfonamides is 1. The maximum Gasteiger partial charge on any atom is 0.256 e. The molecule has 1 amide bonds. The summed E-state index contributed by atoms with van der Waals surface area (Å²) >= 11 is 1.43. The standard InChI is InChI=1S/C29H38N4O3S2/c1-26(2)12-19-13-29(7,16-26)17-33(19)38(35,36)20-10-8-18(9-11-20)24(34)31-25-22(15-30)21-14-27(3,4)32-28(5,6)23(21)37-25/h8-11,19,32H,12-14,16-17H2,1-7H3,(H,31,34). The van der Waals surface area contributed by atoms with Gasteiger partial charge in [0.2, 0.25) is 10.0 Å². The van der Waals surface area contributed by atoms with Gasteiger partial charge in [0.05, 0.1) is 10.5 Å². The summed E-state index contributed by atoms with van der Waals surface area (Å²) in [7, 11) is -3.67. The van der Waals surface area contributed by atoms with Gasteiger partial charge < -0.3 is 10.6 Å². The second-order valence-electron chi connectivity index (χ2n) is 13.8. The maximum absolute atomic E-state index is 13.6. The maximum atomic E-state index is 13.6. The van der Waals surface area contributed by atoms with Crippen LogP contribution in [0.5, 0.6) is 0 Å². The fourth-order valence-corrected chi connectivity index (χ4v) is 10.5. The summed E-state index contributed by atoms with van der Waals surface area (Å²) in [6.07, 6.45) is 3.47. The molecule has 1 saturated carbocycles. The fourth-order valence-electron chi connectivity index (χ4n) is 7.51. The lowest BCUT2D eigenvalue weighted by Crippen LogP contribution is -2.54. The first-order valence-electron chi connectivity index (χ1n) is 13.2. The monoisotopic (exact) mass is 554 g/mol. The molecule has 2 fully saturated rings. The van der Waals surface area contributed by atoms with Crippen LogP contribution in [0.4, 0.5) is 5.00 Å². The smallest absolute Gasteiger partial charge is 0.256 e. The molecule has 2 N–H and O–H groups in total. The van der Waals surface area contributed by atoms with E-state index in [-0.39, 0.29) is 38.8 Å². The van der Waals surface area contributed by atoms with E-state index in [9.17, 15) is 18.5 Å². The molecule has 2 bridgehead atoms. The molecule has 7 nitrogen and oxygen atoms in total. The molecule has 1 aromatic carbocycles. The Hall–Kier alpha value is -2.25. The highest BCUT2D eigenvalue weighted by Gasteiger charge is 2.53. The van der Waals surface area contributed by atoms with Gasteiger partial charge in [-0.05, 0) is 94.0 Å². The number of nitriles is 1. The van der Waals surface area contributed by atoms with Crippen LogP contribution in [-0.4, -0.2) is 36.8 Å². The number of rotatable bonds is 4. The summed E-state index contributed by atoms with van der Waals surface area (Å²) in [5.41, 5.74) is 1.46. The Balaban J connectivity index is 1.37. The Labute approximate surface area is 230 Å². The van der Waals surface area contributed by atoms with Crippen molar-refractivity contribution in [2.75, 3.05) is 11.9 Å². The summed E-state index contributed by atoms with van der Waals surface area (Å²) in [6, 6.07) is 8.49. The minimum atomic E-state index is -3.67. The third-order valence-electron chi connectivity index (χ3n) is 8.27. The first-order valence-corrected chi connectivity index (χ1v) is 15.5. The summed E-state index contributed by atoms with van der Waals surface area (Å²) in [6.45, 7) is 15.6. The predicted octanol–water partition coefficient (Wildman–Crippen LogP) is 5.62. The molecule has 3 aliphatic rings. The van der Waals surface area contributed by atoms with E-state index in [0.29, 0.717) is 29.1 Å². The van der Waals surface area contributed by atoms with Crippen LogP contribution in [0.1, 0.15) is 94.1 Å². The van der Waals surface area contributed by atoms with Gasteiger partial charge >= 0.3 is 0 Å². The number of carbonyl (C=O) groups is 1. The van der Waals surface area contributed by atoms with Crippen LogP contribution < -0.4 is 10.6 Å². The average molecular weight is 555 g/mol. The Kier molecular flexibility index (Phi) is 6.20. The van der Waals surface area contributed by atoms with Crippen LogP contribution in [-0.2, 0) is 22.0 Å². The number of amides is 1. The number of nitrogens with zero attached hydrogens (tertiary/aromatic N) is 2. The highest BCUT2D eigenvalue weighted by atomic mass is 32.2. The van der Waals surface area contributed by atoms with E-state index in [4.69, 9.17) is 0 Å². The van der Waals surface area contributed by atoms with Crippen molar-refractivity contribution in [1.82, 2.24) is 9.62 Å². The van der Waals surface area contributed by atoms with Crippen LogP contribution >= 0.6 is 11.3 Å². The van der Waals surface area contributed by atoms with Crippen molar-refractivity contribution < 1.29 is 13.2 Å². The second-order valence-corrected chi connectivity index (χ2v) is 16.7. The van der Waals surface area contributed by atoms with Gasteiger partial charge in [0, 0.05) is 34.1 Å². The number of carbonyl (C=O) groups excluding carboxylic acids is 1. The zero-order chi connectivity index (χ0) is 27.9. The molecule has 1 saturated heterocycles. The number of thiophene rings is 1. The van der Waals surface area contributed by atoms with Crippen molar-refractivity contribution in [2.24, 2.45) is 10.8 Å². The number of hydrogen-bond acceptors (Lipinski definition) is 6. The number of benzene rings is 1. The fraction of sp³-hybridized carbons (Fsp3) is 0.586. The van der Waals surface area contributed by atoms with Gasteiger partial charge in [-0.1, -0.05) is 20.8 Å². The van der Waals surface area contributed by atoms with Gasteiger partial charge in [0.15, 0.2) is 0 Å². The molecule has 3 heterocycles. The average Bonchev–Trinajstić information content (AvgIpc) is 3.25. The molecule has 38 heavy (non-hydrogen) atoms. The molecule has 2 aliphatic heterocycles. The lowest BCUT2D eigenvalue weighted by Gasteiger charge is -2.42. The predicted molar refractivity (Wildman–Crippen MR) is 151 cm³/mol. The normalized spacial score (nSPS) is 27.4. The Morgan fingerprint density at radius 1 is 1.11 bits per heavy atom. The summed E-state index contributed by atoms with van der Waals surface area (Å²) in [5, 5.41) is 17.0. The quantitative estimate of drug-likeness (QED) is 0.511. The zero-order valence-electron chi connectivity index (χ0n) is 23.4. The van der Waals surface area contributed by atoms with Crippen LogP contribution in [0.15, 0.2) is 29.2 Å². The first-order chi connectivity index (χ1) is 17.5. The van der Waals surface area contributed by atoms with Crippen molar-refractivity contribution in [3.63, 3.8) is 0 Å². The van der Waals surface area contributed by atoms with Crippen LogP contribution in [0, 0.1) is 22.2 Å². The topological polar surface area (TPSA) is 102 Å². The highest BCUT2D eigenvalue weighted by molar-refractivity contribution is 7.89. The van der Waals surface area contributed by atoms with Gasteiger partial charge in [-0.15, -0.1) is 11.3 Å². The molecular formula is C29H38N4O3S2. The SMILES string of the molecule is CC1(C)CC2CC(C)(CN2S(=O)(=O)c2ccc(C(=O)Nc3sc4c(c3C#N)CC(C)(C)NC4(C)C)cc2)C1. The van der Waals surface area contributed by atoms with Gasteiger partial charge in [-0.2, -0.15) is 9.57 Å². The molecular weight excluding hydrogens is 516 g/mol. The molecule has 0 spiro atoms. The minimum absolute atomic E-state index is 0.00304. The van der Waals surface area contributed by atoms with Crippen molar-refractivity contribution in [2.45, 2.75) is 96.2 Å². The van der Waals surface area contributed by atoms with Crippen LogP contribution in [0.25, 0.3) is 0 Å². The summed E-state index contributed by atoms with van der Waals surface area (Å²) in [4.78, 5) is 14.4. The third-order valence-corrected chi connectivity index (χ3v) is 11.7.